The standard InChI is InChI=1S/C9H14N4OS/c1-7-4-15-8(10-7)13-6-11(2)5-12(3)9(13)14/h4H,5-6H2,1-3H3. The van der Waals surface area contributed by atoms with Crippen LogP contribution in [0.5, 0.6) is 0 Å². The van der Waals surface area contributed by atoms with Crippen molar-refractivity contribution in [2.45, 2.75) is 6.92 Å². The largest absolute Gasteiger partial charge is 0.328 e. The van der Waals surface area contributed by atoms with E-state index in [9.17, 15) is 4.79 Å². The predicted octanol–water partition coefficient (Wildman–Crippen LogP) is 1.17. The van der Waals surface area contributed by atoms with E-state index in [-0.39, 0.29) is 6.03 Å². The Morgan fingerprint density at radius 1 is 1.40 bits per heavy atom. The molecule has 1 aliphatic rings. The van der Waals surface area contributed by atoms with Crippen LogP contribution in [0.25, 0.3) is 0 Å². The normalized spacial score (nSPS) is 18.7. The number of carbonyl (C=O) groups is 1. The van der Waals surface area contributed by atoms with E-state index >= 15 is 0 Å². The second-order valence-electron chi connectivity index (χ2n) is 3.82. The van der Waals surface area contributed by atoms with Crippen LogP contribution in [0.1, 0.15) is 5.69 Å². The molecule has 1 fully saturated rings. The molecular formula is C9H14N4OS. The first-order chi connectivity index (χ1) is 7.08. The van der Waals surface area contributed by atoms with Crippen LogP contribution < -0.4 is 4.90 Å². The number of hydrogen-bond acceptors (Lipinski definition) is 4. The molecule has 0 radical (unpaired) electrons. The van der Waals surface area contributed by atoms with E-state index in [0.29, 0.717) is 13.3 Å². The molecule has 6 heteroatoms. The molecule has 0 aromatic carbocycles. The van der Waals surface area contributed by atoms with Gasteiger partial charge in [0, 0.05) is 12.4 Å². The molecular weight excluding hydrogens is 212 g/mol. The van der Waals surface area contributed by atoms with Crippen LogP contribution in [-0.4, -0.2) is 48.2 Å². The van der Waals surface area contributed by atoms with E-state index in [2.05, 4.69) is 9.88 Å². The zero-order valence-corrected chi connectivity index (χ0v) is 9.91. The molecule has 82 valence electrons. The molecule has 2 heterocycles. The van der Waals surface area contributed by atoms with Gasteiger partial charge in [-0.05, 0) is 14.0 Å². The highest BCUT2D eigenvalue weighted by molar-refractivity contribution is 7.14. The third kappa shape index (κ3) is 1.95. The van der Waals surface area contributed by atoms with Gasteiger partial charge in [-0.25, -0.2) is 9.78 Å². The summed E-state index contributed by atoms with van der Waals surface area (Å²) in [4.78, 5) is 21.6. The fourth-order valence-corrected chi connectivity index (χ4v) is 2.37. The van der Waals surface area contributed by atoms with Gasteiger partial charge < -0.3 is 4.90 Å². The number of aryl methyl sites for hydroxylation is 1. The van der Waals surface area contributed by atoms with E-state index in [1.165, 1.54) is 11.3 Å². The second-order valence-corrected chi connectivity index (χ2v) is 4.66. The Kier molecular flexibility index (Phi) is 2.62. The first kappa shape index (κ1) is 10.4. The Morgan fingerprint density at radius 3 is 2.73 bits per heavy atom. The number of hydrogen-bond donors (Lipinski definition) is 0. The number of thiazole rings is 1. The van der Waals surface area contributed by atoms with E-state index in [1.54, 1.807) is 16.8 Å². The maximum absolute atomic E-state index is 11.9. The Morgan fingerprint density at radius 2 is 2.13 bits per heavy atom. The molecule has 0 spiro atoms. The molecule has 5 nitrogen and oxygen atoms in total. The van der Waals surface area contributed by atoms with Crippen molar-refractivity contribution < 1.29 is 4.79 Å². The van der Waals surface area contributed by atoms with Gasteiger partial charge in [0.2, 0.25) is 0 Å². The molecule has 0 unspecified atom stereocenters. The minimum Gasteiger partial charge on any atom is -0.314 e. The van der Waals surface area contributed by atoms with Crippen LogP contribution in [-0.2, 0) is 0 Å². The highest BCUT2D eigenvalue weighted by Gasteiger charge is 2.28. The summed E-state index contributed by atoms with van der Waals surface area (Å²) in [5.41, 5.74) is 0.957. The van der Waals surface area contributed by atoms with E-state index in [0.717, 1.165) is 10.8 Å². The lowest BCUT2D eigenvalue weighted by atomic mass is 10.5. The fraction of sp³-hybridized carbons (Fsp3) is 0.556. The zero-order valence-electron chi connectivity index (χ0n) is 9.10. The van der Waals surface area contributed by atoms with E-state index < -0.39 is 0 Å². The average molecular weight is 226 g/mol. The number of rotatable bonds is 1. The van der Waals surface area contributed by atoms with Gasteiger partial charge in [-0.15, -0.1) is 11.3 Å². The summed E-state index contributed by atoms with van der Waals surface area (Å²) in [5.74, 6) is 0. The van der Waals surface area contributed by atoms with Crippen molar-refractivity contribution in [3.8, 4) is 0 Å². The number of amides is 2. The smallest absolute Gasteiger partial charge is 0.314 e. The minimum absolute atomic E-state index is 0.0162. The van der Waals surface area contributed by atoms with Gasteiger partial charge in [0.25, 0.3) is 0 Å². The molecule has 2 amide bonds. The highest BCUT2D eigenvalue weighted by atomic mass is 32.1. The zero-order chi connectivity index (χ0) is 11.0. The van der Waals surface area contributed by atoms with Gasteiger partial charge in [0.05, 0.1) is 19.0 Å². The van der Waals surface area contributed by atoms with Crippen LogP contribution in [0.4, 0.5) is 9.93 Å². The molecule has 2 rings (SSSR count). The Labute approximate surface area is 92.9 Å². The van der Waals surface area contributed by atoms with Crippen LogP contribution in [0.3, 0.4) is 0 Å². The van der Waals surface area contributed by atoms with E-state index in [1.807, 2.05) is 19.4 Å². The quantitative estimate of drug-likeness (QED) is 0.721. The lowest BCUT2D eigenvalue weighted by Crippen LogP contribution is -2.55. The highest BCUT2D eigenvalue weighted by Crippen LogP contribution is 2.23. The molecule has 1 aliphatic heterocycles. The van der Waals surface area contributed by atoms with Crippen molar-refractivity contribution in [3.05, 3.63) is 11.1 Å². The maximum atomic E-state index is 11.9. The van der Waals surface area contributed by atoms with Crippen LogP contribution in [0, 0.1) is 6.92 Å². The van der Waals surface area contributed by atoms with Crippen LogP contribution >= 0.6 is 11.3 Å². The average Bonchev–Trinajstić information content (AvgIpc) is 2.58. The number of urea groups is 1. The van der Waals surface area contributed by atoms with Gasteiger partial charge >= 0.3 is 6.03 Å². The van der Waals surface area contributed by atoms with Crippen molar-refractivity contribution >= 4 is 22.5 Å². The number of aromatic nitrogens is 1. The third-order valence-corrected chi connectivity index (χ3v) is 3.21. The Balaban J connectivity index is 2.24. The molecule has 0 bridgehead atoms. The third-order valence-electron chi connectivity index (χ3n) is 2.23. The monoisotopic (exact) mass is 226 g/mol. The van der Waals surface area contributed by atoms with Crippen molar-refractivity contribution in [1.29, 1.82) is 0 Å². The van der Waals surface area contributed by atoms with E-state index in [4.69, 9.17) is 0 Å². The Hall–Kier alpha value is -1.14. The summed E-state index contributed by atoms with van der Waals surface area (Å²) in [6.45, 7) is 3.21. The number of nitrogens with zero attached hydrogens (tertiary/aromatic N) is 4. The molecule has 1 aromatic heterocycles. The lowest BCUT2D eigenvalue weighted by molar-refractivity contribution is 0.149. The van der Waals surface area contributed by atoms with Gasteiger partial charge in [0.1, 0.15) is 0 Å². The lowest BCUT2D eigenvalue weighted by Gasteiger charge is -2.37. The SMILES string of the molecule is Cc1csc(N2CN(C)CN(C)C2=O)n1. The van der Waals surface area contributed by atoms with Crippen molar-refractivity contribution in [2.24, 2.45) is 0 Å². The molecule has 0 N–H and O–H groups in total. The van der Waals surface area contributed by atoms with Gasteiger partial charge in [0.15, 0.2) is 5.13 Å². The summed E-state index contributed by atoms with van der Waals surface area (Å²) in [6.07, 6.45) is 0. The van der Waals surface area contributed by atoms with Crippen molar-refractivity contribution in [2.75, 3.05) is 32.3 Å². The minimum atomic E-state index is 0.0162. The molecule has 0 saturated carbocycles. The maximum Gasteiger partial charge on any atom is 0.328 e. The molecule has 0 atom stereocenters. The Bertz CT molecular complexity index is 378. The number of anilines is 1. The van der Waals surface area contributed by atoms with Gasteiger partial charge in [-0.2, -0.15) is 0 Å². The summed E-state index contributed by atoms with van der Waals surface area (Å²) in [7, 11) is 3.78. The van der Waals surface area contributed by atoms with Gasteiger partial charge in [-0.3, -0.25) is 9.80 Å². The molecule has 1 saturated heterocycles. The molecule has 1 aromatic rings. The molecule has 0 aliphatic carbocycles. The molecule has 15 heavy (non-hydrogen) atoms. The topological polar surface area (TPSA) is 39.7 Å². The second kappa shape index (κ2) is 3.79. The summed E-state index contributed by atoms with van der Waals surface area (Å²) in [6, 6.07) is 0.0162. The summed E-state index contributed by atoms with van der Waals surface area (Å²) < 4.78 is 0. The number of carbonyl (C=O) groups excluding carboxylic acids is 1. The van der Waals surface area contributed by atoms with Crippen LogP contribution in [0.2, 0.25) is 0 Å². The first-order valence-corrected chi connectivity index (χ1v) is 5.59. The summed E-state index contributed by atoms with van der Waals surface area (Å²) >= 11 is 1.50. The predicted molar refractivity (Wildman–Crippen MR) is 60.0 cm³/mol. The fourth-order valence-electron chi connectivity index (χ4n) is 1.58. The summed E-state index contributed by atoms with van der Waals surface area (Å²) in [5, 5.41) is 2.73. The van der Waals surface area contributed by atoms with Crippen LogP contribution in [0.15, 0.2) is 5.38 Å². The van der Waals surface area contributed by atoms with Crippen molar-refractivity contribution in [1.82, 2.24) is 14.8 Å². The first-order valence-electron chi connectivity index (χ1n) is 4.71. The van der Waals surface area contributed by atoms with Gasteiger partial charge in [-0.1, -0.05) is 0 Å². The van der Waals surface area contributed by atoms with Crippen molar-refractivity contribution in [3.63, 3.8) is 0 Å².